The van der Waals surface area contributed by atoms with Gasteiger partial charge in [-0.1, -0.05) is 22.2 Å². The van der Waals surface area contributed by atoms with Gasteiger partial charge in [-0.25, -0.2) is 20.1 Å². The van der Waals surface area contributed by atoms with Crippen LogP contribution in [0.4, 0.5) is 0 Å². The largest absolute Gasteiger partial charge is 0.268 e. The molecule has 0 spiro atoms. The van der Waals surface area contributed by atoms with Crippen LogP contribution >= 0.6 is 0 Å². The molecule has 1 aromatic rings. The van der Waals surface area contributed by atoms with Gasteiger partial charge >= 0.3 is 0 Å². The van der Waals surface area contributed by atoms with E-state index in [-0.39, 0.29) is 9.42 Å². The number of hydrogen-bond donors (Lipinski definition) is 2. The summed E-state index contributed by atoms with van der Waals surface area (Å²) in [6, 6.07) is 6.27. The number of rotatable bonds is 2. The van der Waals surface area contributed by atoms with Crippen LogP contribution in [0, 0.1) is 6.92 Å². The maximum atomic E-state index is 11.3. The number of benzene rings is 1. The van der Waals surface area contributed by atoms with Gasteiger partial charge in [-0.15, -0.1) is 0 Å². The Morgan fingerprint density at radius 2 is 1.62 bits per heavy atom. The molecule has 0 heterocycles. The molecule has 0 fully saturated rings. The second-order valence-electron chi connectivity index (χ2n) is 2.65. The second-order valence-corrected chi connectivity index (χ2v) is 4.49. The Morgan fingerprint density at radius 1 is 1.15 bits per heavy atom. The van der Waals surface area contributed by atoms with Crippen LogP contribution in [0.3, 0.4) is 0 Å². The number of hydrazine groups is 2. The van der Waals surface area contributed by atoms with Gasteiger partial charge in [0.15, 0.2) is 0 Å². The normalized spacial score (nSPS) is 12.0. The lowest BCUT2D eigenvalue weighted by Gasteiger charge is -2.09. The van der Waals surface area contributed by atoms with E-state index in [1.807, 2.05) is 6.92 Å². The van der Waals surface area contributed by atoms with Crippen LogP contribution in [0.15, 0.2) is 29.2 Å². The molecule has 0 aliphatic heterocycles. The highest BCUT2D eigenvalue weighted by molar-refractivity contribution is 7.89. The minimum absolute atomic E-state index is 0.0862. The molecule has 0 bridgehead atoms. The van der Waals surface area contributed by atoms with Crippen LogP contribution in [-0.4, -0.2) is 12.9 Å². The van der Waals surface area contributed by atoms with Crippen molar-refractivity contribution in [2.24, 2.45) is 11.7 Å². The fourth-order valence-corrected chi connectivity index (χ4v) is 1.56. The van der Waals surface area contributed by atoms with Gasteiger partial charge in [0, 0.05) is 0 Å². The minimum Gasteiger partial charge on any atom is -0.240 e. The van der Waals surface area contributed by atoms with Crippen molar-refractivity contribution in [2.75, 3.05) is 0 Å². The van der Waals surface area contributed by atoms with Crippen molar-refractivity contribution in [3.05, 3.63) is 29.8 Å². The van der Waals surface area contributed by atoms with Gasteiger partial charge in [0.05, 0.1) is 4.90 Å². The topological polar surface area (TPSA) is 89.4 Å². The third-order valence-corrected chi connectivity index (χ3v) is 3.02. The molecule has 0 amide bonds. The van der Waals surface area contributed by atoms with E-state index in [0.29, 0.717) is 0 Å². The first-order chi connectivity index (χ1) is 5.94. The summed E-state index contributed by atoms with van der Waals surface area (Å²) in [5.74, 6) is 9.93. The van der Waals surface area contributed by atoms with E-state index >= 15 is 0 Å². The van der Waals surface area contributed by atoms with Crippen molar-refractivity contribution in [3.63, 3.8) is 0 Å². The van der Waals surface area contributed by atoms with Gasteiger partial charge in [0.25, 0.3) is 10.0 Å². The smallest absolute Gasteiger partial charge is 0.240 e. The van der Waals surface area contributed by atoms with Crippen LogP contribution in [0.25, 0.3) is 0 Å². The Morgan fingerprint density at radius 3 is 2.00 bits per heavy atom. The fourth-order valence-electron chi connectivity index (χ4n) is 0.832. The Kier molecular flexibility index (Phi) is 2.67. The molecule has 13 heavy (non-hydrogen) atoms. The van der Waals surface area contributed by atoms with Crippen molar-refractivity contribution in [1.82, 2.24) is 4.52 Å². The zero-order chi connectivity index (χ0) is 10.1. The number of nitrogens with zero attached hydrogens (tertiary/aromatic N) is 1. The van der Waals surface area contributed by atoms with Gasteiger partial charge in [0.1, 0.15) is 0 Å². The van der Waals surface area contributed by atoms with E-state index in [1.165, 1.54) is 12.1 Å². The predicted octanol–water partition coefficient (Wildman–Crippen LogP) is -0.267. The standard InChI is InChI=1S/C7H11N3O2S/c1-6-2-4-7(5-3-6)13(11,12)10(8)9/h2-5H,8-9H2,1H3. The summed E-state index contributed by atoms with van der Waals surface area (Å²) in [5, 5.41) is 0. The zero-order valence-electron chi connectivity index (χ0n) is 7.14. The molecule has 0 aliphatic rings. The van der Waals surface area contributed by atoms with Crippen LogP contribution in [0.1, 0.15) is 5.56 Å². The average Bonchev–Trinajstić information content (AvgIpc) is 2.04. The third kappa shape index (κ3) is 2.04. The van der Waals surface area contributed by atoms with Crippen molar-refractivity contribution < 1.29 is 8.42 Å². The van der Waals surface area contributed by atoms with Gasteiger partial charge in [-0.3, -0.25) is 0 Å². The lowest BCUT2D eigenvalue weighted by Crippen LogP contribution is -2.43. The molecule has 0 saturated heterocycles. The maximum Gasteiger partial charge on any atom is 0.268 e. The number of hydrogen-bond acceptors (Lipinski definition) is 4. The Labute approximate surface area is 76.9 Å². The summed E-state index contributed by atoms with van der Waals surface area (Å²) < 4.78 is 22.8. The molecule has 0 atom stereocenters. The molecule has 72 valence electrons. The molecule has 1 rings (SSSR count). The Bertz CT molecular complexity index is 383. The molecule has 4 N–H and O–H groups in total. The highest BCUT2D eigenvalue weighted by atomic mass is 32.2. The van der Waals surface area contributed by atoms with Crippen LogP contribution in [0.2, 0.25) is 0 Å². The lowest BCUT2D eigenvalue weighted by molar-refractivity contribution is 0.443. The van der Waals surface area contributed by atoms with E-state index in [0.717, 1.165) is 5.56 Å². The summed E-state index contributed by atoms with van der Waals surface area (Å²) in [5.41, 5.74) is 0.972. The highest BCUT2D eigenvalue weighted by Crippen LogP contribution is 2.11. The van der Waals surface area contributed by atoms with Gasteiger partial charge in [0.2, 0.25) is 0 Å². The molecule has 5 nitrogen and oxygen atoms in total. The molecule has 0 aliphatic carbocycles. The SMILES string of the molecule is Cc1ccc(S(=O)(=O)N(N)N)cc1. The van der Waals surface area contributed by atoms with Crippen LogP contribution in [-0.2, 0) is 10.0 Å². The van der Waals surface area contributed by atoms with Crippen molar-refractivity contribution >= 4 is 10.0 Å². The van der Waals surface area contributed by atoms with E-state index in [4.69, 9.17) is 11.7 Å². The van der Waals surface area contributed by atoms with E-state index in [9.17, 15) is 8.42 Å². The summed E-state index contributed by atoms with van der Waals surface area (Å²) in [4.78, 5) is 0.0862. The Balaban J connectivity index is 3.17. The molecular formula is C7H11N3O2S. The molecule has 1 aromatic carbocycles. The summed E-state index contributed by atoms with van der Waals surface area (Å²) in [6.45, 7) is 1.86. The van der Waals surface area contributed by atoms with E-state index in [2.05, 4.69) is 0 Å². The second kappa shape index (κ2) is 3.43. The first kappa shape index (κ1) is 10.1. The van der Waals surface area contributed by atoms with Crippen molar-refractivity contribution in [1.29, 1.82) is 0 Å². The van der Waals surface area contributed by atoms with Crippen molar-refractivity contribution in [2.45, 2.75) is 11.8 Å². The van der Waals surface area contributed by atoms with Crippen LogP contribution in [0.5, 0.6) is 0 Å². The fraction of sp³-hybridized carbons (Fsp3) is 0.143. The number of sulfonamides is 1. The first-order valence-corrected chi connectivity index (χ1v) is 5.00. The summed E-state index contributed by atoms with van der Waals surface area (Å²) in [7, 11) is -3.70. The van der Waals surface area contributed by atoms with Gasteiger partial charge in [-0.2, -0.15) is 0 Å². The quantitative estimate of drug-likeness (QED) is 0.509. The predicted molar refractivity (Wildman–Crippen MR) is 48.6 cm³/mol. The van der Waals surface area contributed by atoms with Gasteiger partial charge < -0.3 is 0 Å². The lowest BCUT2D eigenvalue weighted by atomic mass is 10.2. The average molecular weight is 201 g/mol. The minimum atomic E-state index is -3.70. The summed E-state index contributed by atoms with van der Waals surface area (Å²) >= 11 is 0. The van der Waals surface area contributed by atoms with Gasteiger partial charge in [-0.05, 0) is 19.1 Å². The van der Waals surface area contributed by atoms with Crippen molar-refractivity contribution in [3.8, 4) is 0 Å². The third-order valence-electron chi connectivity index (χ3n) is 1.60. The maximum absolute atomic E-state index is 11.3. The highest BCUT2D eigenvalue weighted by Gasteiger charge is 2.17. The zero-order valence-corrected chi connectivity index (χ0v) is 7.95. The molecule has 0 aromatic heterocycles. The molecule has 6 heteroatoms. The van der Waals surface area contributed by atoms with E-state index in [1.54, 1.807) is 12.1 Å². The number of nitrogens with two attached hydrogens (primary N) is 2. The Hall–Kier alpha value is -0.950. The molecule has 0 saturated carbocycles. The summed E-state index contributed by atoms with van der Waals surface area (Å²) in [6.07, 6.45) is 0. The molecule has 0 unspecified atom stereocenters. The van der Waals surface area contributed by atoms with E-state index < -0.39 is 10.0 Å². The van der Waals surface area contributed by atoms with Crippen LogP contribution < -0.4 is 11.7 Å². The first-order valence-electron chi connectivity index (χ1n) is 3.56. The molecule has 0 radical (unpaired) electrons. The number of aryl methyl sites for hydroxylation is 1. The molecular weight excluding hydrogens is 190 g/mol. The monoisotopic (exact) mass is 201 g/mol.